The molecule has 1 aromatic rings. The normalized spacial score (nSPS) is 12.8. The summed E-state index contributed by atoms with van der Waals surface area (Å²) >= 11 is 1.72. The zero-order chi connectivity index (χ0) is 13.9. The summed E-state index contributed by atoms with van der Waals surface area (Å²) in [5.74, 6) is 5.63. The smallest absolute Gasteiger partial charge is 0.0897 e. The van der Waals surface area contributed by atoms with E-state index in [4.69, 9.17) is 5.84 Å². The molecule has 0 aliphatic rings. The highest BCUT2D eigenvalue weighted by molar-refractivity contribution is 7.09. The topological polar surface area (TPSA) is 50.9 Å². The van der Waals surface area contributed by atoms with E-state index in [-0.39, 0.29) is 0 Å². The Morgan fingerprint density at radius 3 is 2.47 bits per heavy atom. The van der Waals surface area contributed by atoms with Crippen LogP contribution in [0.15, 0.2) is 5.38 Å². The van der Waals surface area contributed by atoms with Crippen LogP contribution >= 0.6 is 11.3 Å². The number of hydrogen-bond donors (Lipinski definition) is 2. The van der Waals surface area contributed by atoms with Gasteiger partial charge in [-0.2, -0.15) is 0 Å². The Labute approximate surface area is 122 Å². The maximum atomic E-state index is 5.63. The molecule has 3 N–H and O–H groups in total. The molecule has 1 aromatic heterocycles. The zero-order valence-corrected chi connectivity index (χ0v) is 13.3. The molecule has 0 spiro atoms. The fourth-order valence-electron chi connectivity index (χ4n) is 2.35. The van der Waals surface area contributed by atoms with Gasteiger partial charge in [-0.3, -0.25) is 11.3 Å². The van der Waals surface area contributed by atoms with Crippen LogP contribution in [0.5, 0.6) is 0 Å². The second-order valence-electron chi connectivity index (χ2n) is 5.34. The molecule has 0 aromatic carbocycles. The third-order valence-electron chi connectivity index (χ3n) is 3.51. The Morgan fingerprint density at radius 1 is 1.21 bits per heavy atom. The SMILES string of the molecule is CCCCCCCCCC(Cc1csc(C)n1)NN. The van der Waals surface area contributed by atoms with Crippen LogP contribution in [0.2, 0.25) is 0 Å². The molecule has 0 radical (unpaired) electrons. The molecule has 1 unspecified atom stereocenters. The van der Waals surface area contributed by atoms with Gasteiger partial charge in [-0.15, -0.1) is 11.3 Å². The molecule has 1 rings (SSSR count). The summed E-state index contributed by atoms with van der Waals surface area (Å²) < 4.78 is 0. The predicted octanol–water partition coefficient (Wildman–Crippen LogP) is 3.97. The van der Waals surface area contributed by atoms with Crippen LogP contribution in [-0.2, 0) is 6.42 Å². The third kappa shape index (κ3) is 7.65. The quantitative estimate of drug-likeness (QED) is 0.367. The summed E-state index contributed by atoms with van der Waals surface area (Å²) in [5.41, 5.74) is 4.11. The van der Waals surface area contributed by atoms with Crippen molar-refractivity contribution in [3.63, 3.8) is 0 Å². The van der Waals surface area contributed by atoms with E-state index < -0.39 is 0 Å². The Balaban J connectivity index is 2.08. The van der Waals surface area contributed by atoms with Gasteiger partial charge in [0.25, 0.3) is 0 Å². The van der Waals surface area contributed by atoms with Crippen molar-refractivity contribution < 1.29 is 0 Å². The van der Waals surface area contributed by atoms with E-state index in [1.165, 1.54) is 50.6 Å². The number of nitrogens with zero attached hydrogens (tertiary/aromatic N) is 1. The Bertz CT molecular complexity index is 325. The summed E-state index contributed by atoms with van der Waals surface area (Å²) in [6.07, 6.45) is 11.6. The van der Waals surface area contributed by atoms with Crippen LogP contribution in [0.1, 0.15) is 69.0 Å². The minimum Gasteiger partial charge on any atom is -0.271 e. The third-order valence-corrected chi connectivity index (χ3v) is 4.34. The summed E-state index contributed by atoms with van der Waals surface area (Å²) in [6.45, 7) is 4.31. The van der Waals surface area contributed by atoms with Crippen LogP contribution < -0.4 is 11.3 Å². The van der Waals surface area contributed by atoms with Crippen molar-refractivity contribution in [3.8, 4) is 0 Å². The number of aryl methyl sites for hydroxylation is 1. The highest BCUT2D eigenvalue weighted by Gasteiger charge is 2.09. The Morgan fingerprint density at radius 2 is 1.89 bits per heavy atom. The minimum atomic E-state index is 0.372. The molecule has 110 valence electrons. The van der Waals surface area contributed by atoms with Crippen LogP contribution in [0.3, 0.4) is 0 Å². The van der Waals surface area contributed by atoms with Crippen LogP contribution in [0.25, 0.3) is 0 Å². The summed E-state index contributed by atoms with van der Waals surface area (Å²) in [7, 11) is 0. The first kappa shape index (κ1) is 16.6. The van der Waals surface area contributed by atoms with Gasteiger partial charge in [0, 0.05) is 17.8 Å². The minimum absolute atomic E-state index is 0.372. The van der Waals surface area contributed by atoms with E-state index in [0.29, 0.717) is 6.04 Å². The van der Waals surface area contributed by atoms with Crippen molar-refractivity contribution in [2.45, 2.75) is 77.7 Å². The Kier molecular flexibility index (Phi) is 9.05. The first-order valence-electron chi connectivity index (χ1n) is 7.63. The standard InChI is InChI=1S/C15H29N3S/c1-3-4-5-6-7-8-9-10-14(18-16)11-15-12-19-13(2)17-15/h12,14,18H,3-11,16H2,1-2H3. The van der Waals surface area contributed by atoms with E-state index in [0.717, 1.165) is 17.8 Å². The van der Waals surface area contributed by atoms with E-state index in [9.17, 15) is 0 Å². The summed E-state index contributed by atoms with van der Waals surface area (Å²) in [4.78, 5) is 4.50. The highest BCUT2D eigenvalue weighted by Crippen LogP contribution is 2.14. The Hall–Kier alpha value is -0.450. The second kappa shape index (κ2) is 10.4. The molecular weight excluding hydrogens is 254 g/mol. The average molecular weight is 283 g/mol. The number of hydrogen-bond acceptors (Lipinski definition) is 4. The van der Waals surface area contributed by atoms with Gasteiger partial charge in [0.15, 0.2) is 0 Å². The van der Waals surface area contributed by atoms with Crippen LogP contribution in [0.4, 0.5) is 0 Å². The number of rotatable bonds is 11. The van der Waals surface area contributed by atoms with E-state index in [1.54, 1.807) is 11.3 Å². The molecular formula is C15H29N3S. The van der Waals surface area contributed by atoms with Gasteiger partial charge in [-0.1, -0.05) is 51.9 Å². The fraction of sp³-hybridized carbons (Fsp3) is 0.800. The van der Waals surface area contributed by atoms with Crippen LogP contribution in [-0.4, -0.2) is 11.0 Å². The molecule has 0 amide bonds. The molecule has 0 fully saturated rings. The fourth-order valence-corrected chi connectivity index (χ4v) is 2.97. The molecule has 0 saturated carbocycles. The van der Waals surface area contributed by atoms with Gasteiger partial charge in [-0.05, 0) is 13.3 Å². The lowest BCUT2D eigenvalue weighted by atomic mass is 10.0. The van der Waals surface area contributed by atoms with Crippen molar-refractivity contribution in [3.05, 3.63) is 16.1 Å². The maximum Gasteiger partial charge on any atom is 0.0897 e. The van der Waals surface area contributed by atoms with Crippen molar-refractivity contribution in [1.29, 1.82) is 0 Å². The number of hydrazine groups is 1. The number of aromatic nitrogens is 1. The van der Waals surface area contributed by atoms with Gasteiger partial charge < -0.3 is 0 Å². The largest absolute Gasteiger partial charge is 0.271 e. The molecule has 4 heteroatoms. The first-order valence-corrected chi connectivity index (χ1v) is 8.51. The van der Waals surface area contributed by atoms with E-state index >= 15 is 0 Å². The molecule has 0 saturated heterocycles. The van der Waals surface area contributed by atoms with E-state index in [2.05, 4.69) is 29.6 Å². The number of unbranched alkanes of at least 4 members (excludes halogenated alkanes) is 6. The molecule has 19 heavy (non-hydrogen) atoms. The van der Waals surface area contributed by atoms with Crippen molar-refractivity contribution in [2.75, 3.05) is 0 Å². The predicted molar refractivity (Wildman–Crippen MR) is 84.3 cm³/mol. The van der Waals surface area contributed by atoms with Gasteiger partial charge >= 0.3 is 0 Å². The molecule has 0 aliphatic carbocycles. The summed E-state index contributed by atoms with van der Waals surface area (Å²) in [5, 5.41) is 3.28. The van der Waals surface area contributed by atoms with Gasteiger partial charge in [-0.25, -0.2) is 4.98 Å². The number of thiazole rings is 1. The number of nitrogens with two attached hydrogens (primary N) is 1. The lowest BCUT2D eigenvalue weighted by molar-refractivity contribution is 0.456. The lowest BCUT2D eigenvalue weighted by Gasteiger charge is -2.14. The zero-order valence-electron chi connectivity index (χ0n) is 12.5. The monoisotopic (exact) mass is 283 g/mol. The molecule has 3 nitrogen and oxygen atoms in total. The molecule has 1 heterocycles. The first-order chi connectivity index (χ1) is 9.26. The van der Waals surface area contributed by atoms with Gasteiger partial charge in [0.1, 0.15) is 0 Å². The molecule has 0 aliphatic heterocycles. The molecule has 0 bridgehead atoms. The van der Waals surface area contributed by atoms with Crippen molar-refractivity contribution in [2.24, 2.45) is 5.84 Å². The lowest BCUT2D eigenvalue weighted by Crippen LogP contribution is -2.36. The van der Waals surface area contributed by atoms with Crippen LogP contribution in [0, 0.1) is 6.92 Å². The average Bonchev–Trinajstić information content (AvgIpc) is 2.81. The maximum absolute atomic E-state index is 5.63. The summed E-state index contributed by atoms with van der Waals surface area (Å²) in [6, 6.07) is 0.372. The van der Waals surface area contributed by atoms with Crippen molar-refractivity contribution in [1.82, 2.24) is 10.4 Å². The van der Waals surface area contributed by atoms with Gasteiger partial charge in [0.2, 0.25) is 0 Å². The second-order valence-corrected chi connectivity index (χ2v) is 6.40. The van der Waals surface area contributed by atoms with Crippen molar-refractivity contribution >= 4 is 11.3 Å². The molecule has 1 atom stereocenters. The highest BCUT2D eigenvalue weighted by atomic mass is 32.1. The van der Waals surface area contributed by atoms with E-state index in [1.807, 2.05) is 0 Å². The number of nitrogens with one attached hydrogen (secondary N) is 1. The van der Waals surface area contributed by atoms with Gasteiger partial charge in [0.05, 0.1) is 10.7 Å².